The lowest BCUT2D eigenvalue weighted by molar-refractivity contribution is -0.384. The summed E-state index contributed by atoms with van der Waals surface area (Å²) in [6, 6.07) is 0.425. The molecule has 0 fully saturated rings. The topological polar surface area (TPSA) is 96.2 Å². The second-order valence-electron chi connectivity index (χ2n) is 5.11. The minimum atomic E-state index is -0.474. The summed E-state index contributed by atoms with van der Waals surface area (Å²) in [5.74, 6) is 0.660. The average Bonchev–Trinajstić information content (AvgIpc) is 2.44. The first-order valence-corrected chi connectivity index (χ1v) is 7.15. The van der Waals surface area contributed by atoms with E-state index in [9.17, 15) is 10.1 Å². The van der Waals surface area contributed by atoms with E-state index < -0.39 is 4.92 Å². The van der Waals surface area contributed by atoms with Crippen molar-refractivity contribution in [3.05, 3.63) is 16.3 Å². The number of nitro groups is 1. The summed E-state index contributed by atoms with van der Waals surface area (Å²) in [5.41, 5.74) is -0.107. The van der Waals surface area contributed by atoms with Gasteiger partial charge in [0.2, 0.25) is 11.8 Å². The molecule has 0 saturated heterocycles. The molecule has 8 heteroatoms. The van der Waals surface area contributed by atoms with Gasteiger partial charge in [-0.25, -0.2) is 4.98 Å². The van der Waals surface area contributed by atoms with E-state index in [4.69, 9.17) is 0 Å². The molecule has 0 aliphatic heterocycles. The zero-order valence-electron chi connectivity index (χ0n) is 13.1. The summed E-state index contributed by atoms with van der Waals surface area (Å²) in [5, 5.41) is 17.1. The van der Waals surface area contributed by atoms with E-state index in [2.05, 4.69) is 39.3 Å². The summed E-state index contributed by atoms with van der Waals surface area (Å²) in [6.07, 6.45) is 2.17. The van der Waals surface area contributed by atoms with E-state index in [1.54, 1.807) is 0 Å². The van der Waals surface area contributed by atoms with Crippen LogP contribution in [0.3, 0.4) is 0 Å². The van der Waals surface area contributed by atoms with Crippen LogP contribution in [0.15, 0.2) is 6.20 Å². The minimum Gasteiger partial charge on any atom is -0.363 e. The van der Waals surface area contributed by atoms with E-state index in [-0.39, 0.29) is 11.5 Å². The van der Waals surface area contributed by atoms with Crippen molar-refractivity contribution in [1.29, 1.82) is 0 Å². The Balaban J connectivity index is 2.74. The fourth-order valence-corrected chi connectivity index (χ4v) is 1.57. The van der Waals surface area contributed by atoms with Gasteiger partial charge in [0, 0.05) is 25.7 Å². The molecule has 0 unspecified atom stereocenters. The number of nitrogens with zero attached hydrogens (tertiary/aromatic N) is 4. The van der Waals surface area contributed by atoms with Crippen LogP contribution in [-0.4, -0.2) is 52.5 Å². The maximum absolute atomic E-state index is 11.0. The number of likely N-dealkylation sites (N-methyl/N-ethyl adjacent to an activating group) is 1. The Kier molecular flexibility index (Phi) is 6.80. The first-order chi connectivity index (χ1) is 9.95. The molecule has 118 valence electrons. The molecule has 0 bridgehead atoms. The van der Waals surface area contributed by atoms with Crippen molar-refractivity contribution in [2.75, 3.05) is 37.3 Å². The fourth-order valence-electron chi connectivity index (χ4n) is 1.57. The van der Waals surface area contributed by atoms with Crippen molar-refractivity contribution in [2.45, 2.75) is 33.2 Å². The van der Waals surface area contributed by atoms with Crippen LogP contribution in [0.5, 0.6) is 0 Å². The Labute approximate surface area is 125 Å². The standard InChI is InChI=1S/C13H24N6O2/c1-5-6-15-13-16-9-11(19(20)21)12(17-13)14-7-8-18(4)10(2)3/h9-10H,5-8H2,1-4H3,(H2,14,15,16,17). The predicted octanol–water partition coefficient (Wildman–Crippen LogP) is 1.96. The highest BCUT2D eigenvalue weighted by Crippen LogP contribution is 2.21. The number of anilines is 2. The van der Waals surface area contributed by atoms with Crippen molar-refractivity contribution >= 4 is 17.5 Å². The Hall–Kier alpha value is -1.96. The summed E-state index contributed by atoms with van der Waals surface area (Å²) in [7, 11) is 2.01. The molecule has 0 spiro atoms. The van der Waals surface area contributed by atoms with Crippen LogP contribution >= 0.6 is 0 Å². The van der Waals surface area contributed by atoms with E-state index in [0.717, 1.165) is 19.5 Å². The van der Waals surface area contributed by atoms with Gasteiger partial charge in [-0.3, -0.25) is 10.1 Å². The zero-order chi connectivity index (χ0) is 15.8. The average molecular weight is 296 g/mol. The van der Waals surface area contributed by atoms with Crippen LogP contribution in [-0.2, 0) is 0 Å². The fraction of sp³-hybridized carbons (Fsp3) is 0.692. The molecule has 1 heterocycles. The third kappa shape index (κ3) is 5.50. The third-order valence-corrected chi connectivity index (χ3v) is 3.14. The molecule has 0 aromatic carbocycles. The monoisotopic (exact) mass is 296 g/mol. The lowest BCUT2D eigenvalue weighted by Crippen LogP contribution is -2.31. The number of hydrogen-bond acceptors (Lipinski definition) is 7. The lowest BCUT2D eigenvalue weighted by atomic mass is 10.3. The van der Waals surface area contributed by atoms with Crippen LogP contribution in [0.2, 0.25) is 0 Å². The molecule has 8 nitrogen and oxygen atoms in total. The number of rotatable bonds is 9. The van der Waals surface area contributed by atoms with Gasteiger partial charge in [0.05, 0.1) is 4.92 Å². The molecule has 1 aromatic heterocycles. The molecule has 0 radical (unpaired) electrons. The lowest BCUT2D eigenvalue weighted by Gasteiger charge is -2.21. The quantitative estimate of drug-likeness (QED) is 0.531. The van der Waals surface area contributed by atoms with Gasteiger partial charge in [-0.1, -0.05) is 6.92 Å². The van der Waals surface area contributed by atoms with Gasteiger partial charge in [-0.2, -0.15) is 4.98 Å². The van der Waals surface area contributed by atoms with Crippen molar-refractivity contribution in [3.8, 4) is 0 Å². The normalized spacial score (nSPS) is 11.0. The Morgan fingerprint density at radius 3 is 2.67 bits per heavy atom. The van der Waals surface area contributed by atoms with Crippen molar-refractivity contribution in [3.63, 3.8) is 0 Å². The van der Waals surface area contributed by atoms with Crippen LogP contribution in [0, 0.1) is 10.1 Å². The Morgan fingerprint density at radius 2 is 2.10 bits per heavy atom. The first kappa shape index (κ1) is 17.1. The van der Waals surface area contributed by atoms with Crippen LogP contribution in [0.1, 0.15) is 27.2 Å². The highest BCUT2D eigenvalue weighted by molar-refractivity contribution is 5.56. The molecule has 2 N–H and O–H groups in total. The SMILES string of the molecule is CCCNc1ncc([N+](=O)[O-])c(NCCN(C)C(C)C)n1. The third-order valence-electron chi connectivity index (χ3n) is 3.14. The smallest absolute Gasteiger partial charge is 0.329 e. The van der Waals surface area contributed by atoms with E-state index >= 15 is 0 Å². The van der Waals surface area contributed by atoms with Gasteiger partial charge in [0.1, 0.15) is 6.20 Å². The minimum absolute atomic E-state index is 0.107. The molecule has 0 aliphatic carbocycles. The van der Waals surface area contributed by atoms with Crippen LogP contribution < -0.4 is 10.6 Å². The molecule has 0 saturated carbocycles. The highest BCUT2D eigenvalue weighted by Gasteiger charge is 2.17. The van der Waals surface area contributed by atoms with Gasteiger partial charge >= 0.3 is 5.69 Å². The highest BCUT2D eigenvalue weighted by atomic mass is 16.6. The van der Waals surface area contributed by atoms with Crippen molar-refractivity contribution in [2.24, 2.45) is 0 Å². The van der Waals surface area contributed by atoms with E-state index in [1.807, 2.05) is 14.0 Å². The number of hydrogen-bond donors (Lipinski definition) is 2. The van der Waals surface area contributed by atoms with Gasteiger partial charge < -0.3 is 15.5 Å². The predicted molar refractivity (Wildman–Crippen MR) is 83.7 cm³/mol. The summed E-state index contributed by atoms with van der Waals surface area (Å²) in [6.45, 7) is 8.31. The molecule has 0 amide bonds. The zero-order valence-corrected chi connectivity index (χ0v) is 13.1. The van der Waals surface area contributed by atoms with Crippen molar-refractivity contribution < 1.29 is 4.92 Å². The number of nitrogens with one attached hydrogen (secondary N) is 2. The maximum atomic E-state index is 11.0. The van der Waals surface area contributed by atoms with Gasteiger partial charge in [0.15, 0.2) is 0 Å². The van der Waals surface area contributed by atoms with Crippen LogP contribution in [0.4, 0.5) is 17.5 Å². The van der Waals surface area contributed by atoms with E-state index in [0.29, 0.717) is 18.5 Å². The second-order valence-corrected chi connectivity index (χ2v) is 5.11. The molecule has 1 aromatic rings. The van der Waals surface area contributed by atoms with Crippen LogP contribution in [0.25, 0.3) is 0 Å². The largest absolute Gasteiger partial charge is 0.363 e. The molecule has 0 aliphatic rings. The first-order valence-electron chi connectivity index (χ1n) is 7.15. The molecular weight excluding hydrogens is 272 g/mol. The van der Waals surface area contributed by atoms with E-state index in [1.165, 1.54) is 6.20 Å². The van der Waals surface area contributed by atoms with Gasteiger partial charge in [0.25, 0.3) is 0 Å². The summed E-state index contributed by atoms with van der Waals surface area (Å²) < 4.78 is 0. The maximum Gasteiger partial charge on any atom is 0.329 e. The second kappa shape index (κ2) is 8.35. The summed E-state index contributed by atoms with van der Waals surface area (Å²) in [4.78, 5) is 20.8. The Morgan fingerprint density at radius 1 is 1.38 bits per heavy atom. The van der Waals surface area contributed by atoms with Crippen molar-refractivity contribution in [1.82, 2.24) is 14.9 Å². The Bertz CT molecular complexity index is 466. The van der Waals surface area contributed by atoms with Gasteiger partial charge in [-0.05, 0) is 27.3 Å². The molecule has 1 rings (SSSR count). The molecule has 21 heavy (non-hydrogen) atoms. The van der Waals surface area contributed by atoms with Gasteiger partial charge in [-0.15, -0.1) is 0 Å². The molecular formula is C13H24N6O2. The number of aromatic nitrogens is 2. The molecule has 0 atom stereocenters. The summed E-state index contributed by atoms with van der Waals surface area (Å²) >= 11 is 0.